The van der Waals surface area contributed by atoms with Crippen LogP contribution < -0.4 is 16.7 Å². The first-order valence-electron chi connectivity index (χ1n) is 10.9. The maximum atomic E-state index is 12.3. The highest BCUT2D eigenvalue weighted by atomic mass is 35.9. The molecule has 1 aromatic rings. The van der Waals surface area contributed by atoms with E-state index in [0.717, 1.165) is 0 Å². The van der Waals surface area contributed by atoms with E-state index in [1.165, 1.54) is 10.8 Å². The molecule has 1 aliphatic carbocycles. The summed E-state index contributed by atoms with van der Waals surface area (Å²) in [7, 11) is 0. The molecule has 2 aliphatic rings. The fourth-order valence-corrected chi connectivity index (χ4v) is 4.08. The second kappa shape index (κ2) is 12.5. The fourth-order valence-electron chi connectivity index (χ4n) is 3.40. The molecule has 202 valence electrons. The monoisotopic (exact) mass is 584 g/mol. The Bertz CT molecular complexity index is 1240. The van der Waals surface area contributed by atoms with Crippen molar-refractivity contribution < 1.29 is 36.5 Å². The van der Waals surface area contributed by atoms with Crippen molar-refractivity contribution in [3.63, 3.8) is 0 Å². The summed E-state index contributed by atoms with van der Waals surface area (Å²) < 4.78 is 65.0. The molecule has 1 aliphatic heterocycles. The number of ether oxygens (including phenoxy) is 2. The van der Waals surface area contributed by atoms with Crippen LogP contribution in [0.25, 0.3) is 0 Å². The number of carbonyl (C=O) groups excluding carboxylic acids is 1. The second-order valence-corrected chi connectivity index (χ2v) is 12.2. The zero-order valence-electron chi connectivity index (χ0n) is 19.0. The summed E-state index contributed by atoms with van der Waals surface area (Å²) >= 11 is 10.7. The van der Waals surface area contributed by atoms with Gasteiger partial charge in [0.25, 0.3) is 0 Å². The Hall–Kier alpha value is -2.33. The van der Waals surface area contributed by atoms with Gasteiger partial charge in [-0.05, 0) is 47.8 Å². The van der Waals surface area contributed by atoms with Gasteiger partial charge in [-0.2, -0.15) is 18.2 Å². The van der Waals surface area contributed by atoms with Crippen LogP contribution in [-0.4, -0.2) is 53.6 Å². The summed E-state index contributed by atoms with van der Waals surface area (Å²) in [5.74, 6) is 3.70. The smallest absolute Gasteiger partial charge is 0.382 e. The number of carbonyl (C=O) groups is 1. The average Bonchev–Trinajstić information content (AvgIpc) is 3.28. The van der Waals surface area contributed by atoms with Crippen LogP contribution in [0, 0.1) is 11.8 Å². The summed E-state index contributed by atoms with van der Waals surface area (Å²) in [6.45, 7) is -0.472. The number of hydrogen-bond donors (Lipinski definition) is 2. The summed E-state index contributed by atoms with van der Waals surface area (Å²) in [6.07, 6.45) is -2.21. The van der Waals surface area contributed by atoms with Crippen molar-refractivity contribution in [3.8, 4) is 11.8 Å². The summed E-state index contributed by atoms with van der Waals surface area (Å²) in [4.78, 5) is 26.9. The molecule has 0 bridgehead atoms. The first-order valence-corrected chi connectivity index (χ1v) is 14.3. The van der Waals surface area contributed by atoms with E-state index in [2.05, 4.69) is 16.8 Å². The Morgan fingerprint density at radius 3 is 2.76 bits per heavy atom. The number of alkyl halides is 3. The zero-order valence-corrected chi connectivity index (χ0v) is 21.4. The third kappa shape index (κ3) is 9.17. The topological polar surface area (TPSA) is 135 Å². The van der Waals surface area contributed by atoms with E-state index < -0.39 is 36.2 Å². The SMILES string of the molecule is Nc1nc(=O)n(C2CCC(COP(=O)(Cl)Cl)O2)cc1C#CC1=CCC(OCCNC(=O)C(F)(F)F)C=C1. The van der Waals surface area contributed by atoms with Crippen molar-refractivity contribution in [2.75, 3.05) is 25.5 Å². The molecule has 1 saturated heterocycles. The molecule has 2 heterocycles. The molecule has 10 nitrogen and oxygen atoms in total. The highest BCUT2D eigenvalue weighted by molar-refractivity contribution is 8.05. The average molecular weight is 585 g/mol. The summed E-state index contributed by atoms with van der Waals surface area (Å²) in [6, 6.07) is 0. The standard InChI is InChI=1S/C21H22Cl2F3N4O6P/c22-37(23,33)35-12-16-7-8-17(36-16)30-11-14(18(27)29-20(30)32)4-1-13-2-5-15(6-3-13)34-10-9-28-19(31)21(24,25)26/h2-3,5,11,15-17H,6-10,12H2,(H,28,31)(H2,27,29,32). The Labute approximate surface area is 219 Å². The molecule has 1 aromatic heterocycles. The molecular weight excluding hydrogens is 563 g/mol. The van der Waals surface area contributed by atoms with Crippen LogP contribution in [0.3, 0.4) is 0 Å². The van der Waals surface area contributed by atoms with Crippen molar-refractivity contribution in [2.45, 2.75) is 43.9 Å². The molecule has 16 heteroatoms. The van der Waals surface area contributed by atoms with Crippen LogP contribution in [-0.2, 0) is 23.4 Å². The maximum Gasteiger partial charge on any atom is 0.471 e. The number of amides is 1. The van der Waals surface area contributed by atoms with Gasteiger partial charge in [-0.15, -0.1) is 0 Å². The van der Waals surface area contributed by atoms with E-state index in [0.29, 0.717) is 30.4 Å². The van der Waals surface area contributed by atoms with Gasteiger partial charge in [0.05, 0.1) is 31.0 Å². The van der Waals surface area contributed by atoms with Crippen LogP contribution >= 0.6 is 28.6 Å². The number of nitrogen functional groups attached to an aromatic ring is 1. The summed E-state index contributed by atoms with van der Waals surface area (Å²) in [5, 5.41) is 1.73. The largest absolute Gasteiger partial charge is 0.471 e. The van der Waals surface area contributed by atoms with Gasteiger partial charge < -0.3 is 25.0 Å². The molecule has 3 rings (SSSR count). The Kier molecular flexibility index (Phi) is 9.86. The van der Waals surface area contributed by atoms with Crippen molar-refractivity contribution in [3.05, 3.63) is 46.0 Å². The van der Waals surface area contributed by atoms with E-state index in [9.17, 15) is 27.3 Å². The quantitative estimate of drug-likeness (QED) is 0.270. The van der Waals surface area contributed by atoms with Gasteiger partial charge in [0, 0.05) is 18.3 Å². The lowest BCUT2D eigenvalue weighted by molar-refractivity contribution is -0.173. The van der Waals surface area contributed by atoms with E-state index in [4.69, 9.17) is 42.2 Å². The number of halogens is 5. The third-order valence-corrected chi connectivity index (χ3v) is 6.20. The predicted molar refractivity (Wildman–Crippen MR) is 129 cm³/mol. The second-order valence-electron chi connectivity index (χ2n) is 7.90. The van der Waals surface area contributed by atoms with Crippen molar-refractivity contribution in [1.29, 1.82) is 0 Å². The molecule has 3 N–H and O–H groups in total. The number of hydrogen-bond acceptors (Lipinski definition) is 8. The number of anilines is 1. The minimum Gasteiger partial charge on any atom is -0.382 e. The minimum absolute atomic E-state index is 0.0562. The van der Waals surface area contributed by atoms with Gasteiger partial charge in [-0.25, -0.2) is 4.79 Å². The van der Waals surface area contributed by atoms with Crippen molar-refractivity contribution in [2.24, 2.45) is 0 Å². The van der Waals surface area contributed by atoms with E-state index >= 15 is 0 Å². The molecule has 0 aromatic carbocycles. The maximum absolute atomic E-state index is 12.3. The van der Waals surface area contributed by atoms with Gasteiger partial charge in [0.15, 0.2) is 0 Å². The number of nitrogens with zero attached hydrogens (tertiary/aromatic N) is 2. The molecule has 1 amide bonds. The Balaban J connectivity index is 1.55. The summed E-state index contributed by atoms with van der Waals surface area (Å²) in [5.41, 5.74) is 6.15. The highest BCUT2D eigenvalue weighted by Crippen LogP contribution is 2.57. The molecule has 0 saturated carbocycles. The van der Waals surface area contributed by atoms with Gasteiger partial charge in [0.2, 0.25) is 0 Å². The number of aromatic nitrogens is 2. The van der Waals surface area contributed by atoms with Crippen LogP contribution in [0.15, 0.2) is 34.8 Å². The van der Waals surface area contributed by atoms with Gasteiger partial charge in [0.1, 0.15) is 12.0 Å². The molecule has 0 radical (unpaired) electrons. The molecule has 3 atom stereocenters. The van der Waals surface area contributed by atoms with Crippen LogP contribution in [0.5, 0.6) is 0 Å². The van der Waals surface area contributed by atoms with Crippen molar-refractivity contribution in [1.82, 2.24) is 14.9 Å². The Morgan fingerprint density at radius 2 is 2.11 bits per heavy atom. The fraction of sp³-hybridized carbons (Fsp3) is 0.476. The van der Waals surface area contributed by atoms with E-state index in [1.54, 1.807) is 23.5 Å². The highest BCUT2D eigenvalue weighted by Gasteiger charge is 2.38. The normalized spacial score (nSPS) is 21.8. The predicted octanol–water partition coefficient (Wildman–Crippen LogP) is 3.41. The lowest BCUT2D eigenvalue weighted by Gasteiger charge is -2.16. The van der Waals surface area contributed by atoms with Crippen LogP contribution in [0.2, 0.25) is 0 Å². The lowest BCUT2D eigenvalue weighted by Crippen LogP contribution is -2.38. The molecular formula is C21H22Cl2F3N4O6P. The molecule has 0 spiro atoms. The first-order chi connectivity index (χ1) is 17.3. The van der Waals surface area contributed by atoms with Gasteiger partial charge in [-0.1, -0.05) is 24.0 Å². The van der Waals surface area contributed by atoms with Crippen LogP contribution in [0.1, 0.15) is 31.1 Å². The number of allylic oxidation sites excluding steroid dienone is 2. The number of nitrogens with two attached hydrogens (primary N) is 1. The molecule has 3 unspecified atom stereocenters. The number of rotatable bonds is 8. The van der Waals surface area contributed by atoms with Crippen molar-refractivity contribution >= 4 is 40.3 Å². The lowest BCUT2D eigenvalue weighted by atomic mass is 10.1. The number of nitrogens with one attached hydrogen (secondary N) is 1. The van der Waals surface area contributed by atoms with E-state index in [-0.39, 0.29) is 31.7 Å². The van der Waals surface area contributed by atoms with Crippen LogP contribution in [0.4, 0.5) is 19.0 Å². The van der Waals surface area contributed by atoms with E-state index in [1.807, 2.05) is 0 Å². The molecule has 1 fully saturated rings. The minimum atomic E-state index is -4.93. The zero-order chi connectivity index (χ0) is 27.2. The third-order valence-electron chi connectivity index (χ3n) is 5.17. The van der Waals surface area contributed by atoms with Gasteiger partial charge >= 0.3 is 23.8 Å². The Morgan fingerprint density at radius 1 is 1.35 bits per heavy atom. The first kappa shape index (κ1) is 29.2. The van der Waals surface area contributed by atoms with Gasteiger partial charge in [-0.3, -0.25) is 13.9 Å². The molecule has 37 heavy (non-hydrogen) atoms.